The van der Waals surface area contributed by atoms with E-state index in [2.05, 4.69) is 0 Å². The first-order chi connectivity index (χ1) is 8.70. The van der Waals surface area contributed by atoms with Gasteiger partial charge in [-0.05, 0) is 43.4 Å². The maximum atomic E-state index is 12.4. The number of nitrogens with zero attached hydrogens (tertiary/aromatic N) is 1. The molecule has 1 saturated carbocycles. The van der Waals surface area contributed by atoms with Crippen molar-refractivity contribution in [3.8, 4) is 5.75 Å². The van der Waals surface area contributed by atoms with Crippen LogP contribution in [0.3, 0.4) is 0 Å². The van der Waals surface area contributed by atoms with E-state index in [0.29, 0.717) is 23.0 Å². The predicted octanol–water partition coefficient (Wildman–Crippen LogP) is 1.90. The fourth-order valence-electron chi connectivity index (χ4n) is 2.90. The molecule has 96 valence electrons. The molecule has 1 aromatic carbocycles. The Kier molecular flexibility index (Phi) is 2.65. The van der Waals surface area contributed by atoms with Crippen molar-refractivity contribution < 1.29 is 9.53 Å². The molecule has 1 aromatic rings. The van der Waals surface area contributed by atoms with Gasteiger partial charge in [-0.15, -0.1) is 0 Å². The normalized spacial score (nSPS) is 25.5. The molecule has 1 aliphatic heterocycles. The van der Waals surface area contributed by atoms with Crippen LogP contribution in [0.15, 0.2) is 18.2 Å². The molecule has 3 rings (SSSR count). The van der Waals surface area contributed by atoms with E-state index in [0.717, 1.165) is 18.9 Å². The summed E-state index contributed by atoms with van der Waals surface area (Å²) in [4.78, 5) is 14.4. The number of hydrogen-bond acceptors (Lipinski definition) is 3. The zero-order chi connectivity index (χ0) is 12.7. The Bertz CT molecular complexity index is 487. The number of ether oxygens (including phenoxy) is 1. The number of carbonyl (C=O) groups excluding carboxylic acids is 1. The van der Waals surface area contributed by atoms with E-state index in [-0.39, 0.29) is 5.91 Å². The first-order valence-electron chi connectivity index (χ1n) is 6.45. The molecule has 1 amide bonds. The molecule has 4 heteroatoms. The van der Waals surface area contributed by atoms with Crippen LogP contribution in [0.4, 0.5) is 5.69 Å². The largest absolute Gasteiger partial charge is 0.495 e. The van der Waals surface area contributed by atoms with Gasteiger partial charge in [0, 0.05) is 18.2 Å². The Morgan fingerprint density at radius 1 is 1.50 bits per heavy atom. The molecule has 1 aliphatic carbocycles. The number of benzene rings is 1. The first kappa shape index (κ1) is 11.4. The minimum atomic E-state index is 0.108. The molecule has 18 heavy (non-hydrogen) atoms. The molecule has 1 saturated heterocycles. The summed E-state index contributed by atoms with van der Waals surface area (Å²) in [7, 11) is 1.58. The molecule has 0 bridgehead atoms. The van der Waals surface area contributed by atoms with Gasteiger partial charge in [-0.3, -0.25) is 4.79 Å². The Morgan fingerprint density at radius 2 is 2.33 bits per heavy atom. The molecule has 2 unspecified atom stereocenters. The highest BCUT2D eigenvalue weighted by molar-refractivity contribution is 5.96. The van der Waals surface area contributed by atoms with Gasteiger partial charge < -0.3 is 15.4 Å². The third-order valence-electron chi connectivity index (χ3n) is 4.00. The third-order valence-corrected chi connectivity index (χ3v) is 4.00. The topological polar surface area (TPSA) is 55.6 Å². The van der Waals surface area contributed by atoms with Crippen LogP contribution < -0.4 is 10.5 Å². The average Bonchev–Trinajstić information content (AvgIpc) is 3.16. The molecule has 0 radical (unpaired) electrons. The highest BCUT2D eigenvalue weighted by atomic mass is 16.5. The zero-order valence-corrected chi connectivity index (χ0v) is 10.6. The maximum absolute atomic E-state index is 12.4. The van der Waals surface area contributed by atoms with E-state index < -0.39 is 0 Å². The lowest BCUT2D eigenvalue weighted by atomic mass is 10.1. The van der Waals surface area contributed by atoms with E-state index in [1.54, 1.807) is 25.3 Å². The van der Waals surface area contributed by atoms with Gasteiger partial charge in [-0.1, -0.05) is 0 Å². The zero-order valence-electron chi connectivity index (χ0n) is 10.6. The number of carbonyl (C=O) groups is 1. The second-order valence-corrected chi connectivity index (χ2v) is 5.16. The van der Waals surface area contributed by atoms with Crippen molar-refractivity contribution in [3.63, 3.8) is 0 Å². The second-order valence-electron chi connectivity index (χ2n) is 5.16. The maximum Gasteiger partial charge on any atom is 0.254 e. The van der Waals surface area contributed by atoms with Crippen LogP contribution in [0.25, 0.3) is 0 Å². The molecular formula is C14H18N2O2. The average molecular weight is 246 g/mol. The summed E-state index contributed by atoms with van der Waals surface area (Å²) in [5, 5.41) is 0. The minimum absolute atomic E-state index is 0.108. The molecule has 0 spiro atoms. The third kappa shape index (κ3) is 1.82. The van der Waals surface area contributed by atoms with Gasteiger partial charge in [0.15, 0.2) is 0 Å². The Balaban J connectivity index is 1.81. The lowest BCUT2D eigenvalue weighted by Gasteiger charge is -2.27. The summed E-state index contributed by atoms with van der Waals surface area (Å²) < 4.78 is 5.10. The standard InChI is InChI=1S/C14H18N2O2/c1-18-13-5-4-10(7-11(13)15)14(17)16-6-2-3-9-8-12(9)16/h4-5,7,9,12H,2-3,6,8,15H2,1H3. The van der Waals surface area contributed by atoms with Crippen LogP contribution in [0.2, 0.25) is 0 Å². The molecular weight excluding hydrogens is 228 g/mol. The van der Waals surface area contributed by atoms with E-state index >= 15 is 0 Å². The van der Waals surface area contributed by atoms with Gasteiger partial charge in [0.2, 0.25) is 0 Å². The number of anilines is 1. The van der Waals surface area contributed by atoms with Crippen molar-refractivity contribution in [2.24, 2.45) is 5.92 Å². The number of nitrogens with two attached hydrogens (primary N) is 1. The molecule has 0 aromatic heterocycles. The summed E-state index contributed by atoms with van der Waals surface area (Å²) in [6.07, 6.45) is 3.58. The number of fused-ring (bicyclic) bond motifs is 1. The summed E-state index contributed by atoms with van der Waals surface area (Å²) >= 11 is 0. The summed E-state index contributed by atoms with van der Waals surface area (Å²) in [5.74, 6) is 1.48. The van der Waals surface area contributed by atoms with Crippen molar-refractivity contribution in [3.05, 3.63) is 23.8 Å². The molecule has 2 aliphatic rings. The van der Waals surface area contributed by atoms with Gasteiger partial charge in [0.1, 0.15) is 5.75 Å². The van der Waals surface area contributed by atoms with Crippen LogP contribution in [0.5, 0.6) is 5.75 Å². The number of hydrogen-bond donors (Lipinski definition) is 1. The van der Waals surface area contributed by atoms with E-state index in [9.17, 15) is 4.79 Å². The highest BCUT2D eigenvalue weighted by Crippen LogP contribution is 2.43. The number of methoxy groups -OCH3 is 1. The molecule has 1 heterocycles. The lowest BCUT2D eigenvalue weighted by Crippen LogP contribution is -2.37. The smallest absolute Gasteiger partial charge is 0.254 e. The van der Waals surface area contributed by atoms with Gasteiger partial charge in [0.25, 0.3) is 5.91 Å². The van der Waals surface area contributed by atoms with E-state index in [1.165, 1.54) is 12.8 Å². The Labute approximate surface area is 107 Å². The van der Waals surface area contributed by atoms with Crippen LogP contribution in [-0.2, 0) is 0 Å². The monoisotopic (exact) mass is 246 g/mol. The summed E-state index contributed by atoms with van der Waals surface area (Å²) in [6.45, 7) is 0.881. The summed E-state index contributed by atoms with van der Waals surface area (Å²) in [5.41, 5.74) is 7.04. The van der Waals surface area contributed by atoms with Gasteiger partial charge in [-0.2, -0.15) is 0 Å². The fourth-order valence-corrected chi connectivity index (χ4v) is 2.90. The quantitative estimate of drug-likeness (QED) is 0.811. The van der Waals surface area contributed by atoms with Crippen LogP contribution in [-0.4, -0.2) is 30.5 Å². The van der Waals surface area contributed by atoms with Gasteiger partial charge in [0.05, 0.1) is 12.8 Å². The number of nitrogen functional groups attached to an aromatic ring is 1. The van der Waals surface area contributed by atoms with Crippen molar-refractivity contribution in [2.75, 3.05) is 19.4 Å². The van der Waals surface area contributed by atoms with Crippen molar-refractivity contribution >= 4 is 11.6 Å². The number of likely N-dealkylation sites (tertiary alicyclic amines) is 1. The molecule has 2 N–H and O–H groups in total. The minimum Gasteiger partial charge on any atom is -0.495 e. The molecule has 2 fully saturated rings. The second kappa shape index (κ2) is 4.19. The number of piperidine rings is 1. The van der Waals surface area contributed by atoms with Crippen molar-refractivity contribution in [1.82, 2.24) is 4.90 Å². The van der Waals surface area contributed by atoms with Crippen LogP contribution in [0, 0.1) is 5.92 Å². The number of rotatable bonds is 2. The van der Waals surface area contributed by atoms with Crippen LogP contribution >= 0.6 is 0 Å². The SMILES string of the molecule is COc1ccc(C(=O)N2CCCC3CC32)cc1N. The first-order valence-corrected chi connectivity index (χ1v) is 6.45. The Morgan fingerprint density at radius 3 is 3.06 bits per heavy atom. The predicted molar refractivity (Wildman–Crippen MR) is 69.6 cm³/mol. The fraction of sp³-hybridized carbons (Fsp3) is 0.500. The summed E-state index contributed by atoms with van der Waals surface area (Å²) in [6, 6.07) is 5.75. The van der Waals surface area contributed by atoms with Gasteiger partial charge in [-0.25, -0.2) is 0 Å². The molecule has 4 nitrogen and oxygen atoms in total. The van der Waals surface area contributed by atoms with Gasteiger partial charge >= 0.3 is 0 Å². The lowest BCUT2D eigenvalue weighted by molar-refractivity contribution is 0.0706. The van der Waals surface area contributed by atoms with Crippen LogP contribution in [0.1, 0.15) is 29.6 Å². The highest BCUT2D eigenvalue weighted by Gasteiger charge is 2.46. The van der Waals surface area contributed by atoms with Crippen molar-refractivity contribution in [1.29, 1.82) is 0 Å². The van der Waals surface area contributed by atoms with Crippen molar-refractivity contribution in [2.45, 2.75) is 25.3 Å². The van der Waals surface area contributed by atoms with E-state index in [1.807, 2.05) is 4.90 Å². The number of amides is 1. The molecule has 2 atom stereocenters. The Hall–Kier alpha value is -1.71. The van der Waals surface area contributed by atoms with E-state index in [4.69, 9.17) is 10.5 Å².